The summed E-state index contributed by atoms with van der Waals surface area (Å²) in [4.78, 5) is 11.1. The summed E-state index contributed by atoms with van der Waals surface area (Å²) in [5, 5.41) is 9.16. The second-order valence-corrected chi connectivity index (χ2v) is 2.80. The van der Waals surface area contributed by atoms with Crippen molar-refractivity contribution in [1.29, 1.82) is 0 Å². The van der Waals surface area contributed by atoms with Gasteiger partial charge in [0.2, 0.25) is 0 Å². The highest BCUT2D eigenvalue weighted by molar-refractivity contribution is 5.91. The van der Waals surface area contributed by atoms with Gasteiger partial charge in [0, 0.05) is 6.08 Å². The lowest BCUT2D eigenvalue weighted by molar-refractivity contribution is -0.117. The van der Waals surface area contributed by atoms with E-state index in [-0.39, 0.29) is 18.3 Å². The standard InChI is InChI=1S/C10H13N3O2/c11-7-12-13-10(15)5-4-8-2-1-3-9(14)6-8/h1-6,12,14H,7,11H2,(H,13,15). The molecule has 1 aromatic rings. The van der Waals surface area contributed by atoms with Gasteiger partial charge in [-0.15, -0.1) is 0 Å². The molecule has 0 aromatic heterocycles. The summed E-state index contributed by atoms with van der Waals surface area (Å²) in [6.45, 7) is 0.172. The normalized spacial score (nSPS) is 10.5. The smallest absolute Gasteiger partial charge is 0.258 e. The minimum Gasteiger partial charge on any atom is -0.508 e. The number of carbonyl (C=O) groups excluding carboxylic acids is 1. The van der Waals surface area contributed by atoms with Crippen molar-refractivity contribution in [2.45, 2.75) is 0 Å². The van der Waals surface area contributed by atoms with Crippen LogP contribution in [0.25, 0.3) is 6.08 Å². The van der Waals surface area contributed by atoms with E-state index in [4.69, 9.17) is 10.8 Å². The van der Waals surface area contributed by atoms with Gasteiger partial charge in [0.05, 0.1) is 6.67 Å². The molecular weight excluding hydrogens is 194 g/mol. The van der Waals surface area contributed by atoms with Crippen LogP contribution in [0.4, 0.5) is 0 Å². The number of aromatic hydroxyl groups is 1. The van der Waals surface area contributed by atoms with E-state index in [2.05, 4.69) is 10.9 Å². The molecule has 1 aromatic carbocycles. The molecule has 5 N–H and O–H groups in total. The number of rotatable bonds is 4. The van der Waals surface area contributed by atoms with Crippen molar-refractivity contribution in [2.24, 2.45) is 5.73 Å². The third-order valence-electron chi connectivity index (χ3n) is 1.61. The van der Waals surface area contributed by atoms with Crippen LogP contribution < -0.4 is 16.6 Å². The zero-order valence-corrected chi connectivity index (χ0v) is 8.10. The van der Waals surface area contributed by atoms with Crippen molar-refractivity contribution in [3.8, 4) is 5.75 Å². The maximum atomic E-state index is 11.1. The van der Waals surface area contributed by atoms with E-state index in [0.29, 0.717) is 0 Å². The number of benzene rings is 1. The Morgan fingerprint density at radius 1 is 1.53 bits per heavy atom. The van der Waals surface area contributed by atoms with Crippen LogP contribution in [-0.4, -0.2) is 17.7 Å². The average Bonchev–Trinajstić information content (AvgIpc) is 2.23. The molecule has 0 spiro atoms. The monoisotopic (exact) mass is 207 g/mol. The lowest BCUT2D eigenvalue weighted by atomic mass is 10.2. The van der Waals surface area contributed by atoms with Crippen molar-refractivity contribution in [3.63, 3.8) is 0 Å². The molecule has 1 rings (SSSR count). The zero-order chi connectivity index (χ0) is 11.1. The first kappa shape index (κ1) is 11.2. The molecule has 0 fully saturated rings. The fraction of sp³-hybridized carbons (Fsp3) is 0.100. The van der Waals surface area contributed by atoms with E-state index in [1.807, 2.05) is 0 Å². The number of carbonyl (C=O) groups is 1. The number of phenols is 1. The Bertz CT molecular complexity index is 363. The molecule has 0 saturated carbocycles. The van der Waals surface area contributed by atoms with Gasteiger partial charge in [0.15, 0.2) is 0 Å². The molecule has 0 aliphatic carbocycles. The Balaban J connectivity index is 2.53. The van der Waals surface area contributed by atoms with Crippen LogP contribution in [0.3, 0.4) is 0 Å². The largest absolute Gasteiger partial charge is 0.508 e. The summed E-state index contributed by atoms with van der Waals surface area (Å²) >= 11 is 0. The molecule has 0 bridgehead atoms. The van der Waals surface area contributed by atoms with Crippen molar-refractivity contribution in [3.05, 3.63) is 35.9 Å². The maximum Gasteiger partial charge on any atom is 0.258 e. The van der Waals surface area contributed by atoms with Gasteiger partial charge >= 0.3 is 0 Å². The lowest BCUT2D eigenvalue weighted by Crippen LogP contribution is -2.39. The second kappa shape index (κ2) is 5.79. The minimum absolute atomic E-state index is 0.164. The van der Waals surface area contributed by atoms with Gasteiger partial charge < -0.3 is 10.8 Å². The van der Waals surface area contributed by atoms with Crippen molar-refractivity contribution in [1.82, 2.24) is 10.9 Å². The van der Waals surface area contributed by atoms with E-state index in [1.54, 1.807) is 30.3 Å². The van der Waals surface area contributed by atoms with Crippen LogP contribution in [0.5, 0.6) is 5.75 Å². The number of nitrogens with two attached hydrogens (primary N) is 1. The fourth-order valence-electron chi connectivity index (χ4n) is 0.980. The number of hydrazine groups is 1. The summed E-state index contributed by atoms with van der Waals surface area (Å²) in [6, 6.07) is 6.60. The number of nitrogens with one attached hydrogen (secondary N) is 2. The molecule has 1 amide bonds. The summed E-state index contributed by atoms with van der Waals surface area (Å²) in [6.07, 6.45) is 2.94. The van der Waals surface area contributed by atoms with Gasteiger partial charge in [-0.25, -0.2) is 5.43 Å². The van der Waals surface area contributed by atoms with Crippen molar-refractivity contribution >= 4 is 12.0 Å². The predicted octanol–water partition coefficient (Wildman–Crippen LogP) is -0.0576. The van der Waals surface area contributed by atoms with Crippen LogP contribution >= 0.6 is 0 Å². The second-order valence-electron chi connectivity index (χ2n) is 2.80. The van der Waals surface area contributed by atoms with Gasteiger partial charge in [-0.05, 0) is 23.8 Å². The maximum absolute atomic E-state index is 11.1. The Labute approximate surface area is 87.6 Å². The molecule has 0 saturated heterocycles. The molecule has 0 atom stereocenters. The predicted molar refractivity (Wildman–Crippen MR) is 57.5 cm³/mol. The molecule has 15 heavy (non-hydrogen) atoms. The summed E-state index contributed by atoms with van der Waals surface area (Å²) < 4.78 is 0. The van der Waals surface area contributed by atoms with Crippen LogP contribution in [0.1, 0.15) is 5.56 Å². The Kier molecular flexibility index (Phi) is 4.33. The zero-order valence-electron chi connectivity index (χ0n) is 8.10. The average molecular weight is 207 g/mol. The minimum atomic E-state index is -0.302. The quantitative estimate of drug-likeness (QED) is 0.316. The first-order valence-electron chi connectivity index (χ1n) is 4.42. The van der Waals surface area contributed by atoms with Crippen LogP contribution in [0.2, 0.25) is 0 Å². The van der Waals surface area contributed by atoms with Gasteiger partial charge in [-0.2, -0.15) is 0 Å². The molecular formula is C10H13N3O2. The van der Waals surface area contributed by atoms with E-state index >= 15 is 0 Å². The molecule has 0 unspecified atom stereocenters. The summed E-state index contributed by atoms with van der Waals surface area (Å²) in [5.41, 5.74) is 10.7. The highest BCUT2D eigenvalue weighted by atomic mass is 16.3. The third kappa shape index (κ3) is 4.26. The van der Waals surface area contributed by atoms with Gasteiger partial charge in [-0.3, -0.25) is 10.2 Å². The first-order chi connectivity index (χ1) is 7.22. The number of hydrogen-bond donors (Lipinski definition) is 4. The third-order valence-corrected chi connectivity index (χ3v) is 1.61. The Hall–Kier alpha value is -1.85. The number of amides is 1. The Morgan fingerprint density at radius 3 is 3.00 bits per heavy atom. The highest BCUT2D eigenvalue weighted by Crippen LogP contribution is 2.11. The lowest BCUT2D eigenvalue weighted by Gasteiger charge is -1.99. The van der Waals surface area contributed by atoms with Gasteiger partial charge in [-0.1, -0.05) is 12.1 Å². The van der Waals surface area contributed by atoms with Gasteiger partial charge in [0.25, 0.3) is 5.91 Å². The molecule has 80 valence electrons. The summed E-state index contributed by atoms with van der Waals surface area (Å²) in [5.74, 6) is -0.138. The molecule has 0 heterocycles. The molecule has 5 nitrogen and oxygen atoms in total. The van der Waals surface area contributed by atoms with E-state index in [1.165, 1.54) is 6.08 Å². The topological polar surface area (TPSA) is 87.4 Å². The molecule has 0 aliphatic heterocycles. The van der Waals surface area contributed by atoms with Crippen molar-refractivity contribution in [2.75, 3.05) is 6.67 Å². The number of hydrogen-bond acceptors (Lipinski definition) is 4. The van der Waals surface area contributed by atoms with E-state index in [0.717, 1.165) is 5.56 Å². The Morgan fingerprint density at radius 2 is 2.33 bits per heavy atom. The van der Waals surface area contributed by atoms with Gasteiger partial charge in [0.1, 0.15) is 5.75 Å². The van der Waals surface area contributed by atoms with Crippen LogP contribution in [-0.2, 0) is 4.79 Å². The van der Waals surface area contributed by atoms with E-state index < -0.39 is 0 Å². The SMILES string of the molecule is NCNNC(=O)C=Cc1cccc(O)c1. The summed E-state index contributed by atoms with van der Waals surface area (Å²) in [7, 11) is 0. The van der Waals surface area contributed by atoms with Crippen LogP contribution in [0, 0.1) is 0 Å². The number of phenolic OH excluding ortho intramolecular Hbond substituents is 1. The first-order valence-corrected chi connectivity index (χ1v) is 4.42. The van der Waals surface area contributed by atoms with E-state index in [9.17, 15) is 4.79 Å². The molecule has 0 radical (unpaired) electrons. The molecule has 0 aliphatic rings. The highest BCUT2D eigenvalue weighted by Gasteiger charge is 1.93. The van der Waals surface area contributed by atoms with Crippen molar-refractivity contribution < 1.29 is 9.90 Å². The fourth-order valence-corrected chi connectivity index (χ4v) is 0.980. The van der Waals surface area contributed by atoms with Crippen LogP contribution in [0.15, 0.2) is 30.3 Å². The molecule has 5 heteroatoms.